The van der Waals surface area contributed by atoms with Crippen molar-refractivity contribution in [1.82, 2.24) is 4.90 Å². The van der Waals surface area contributed by atoms with Crippen molar-refractivity contribution in [2.75, 3.05) is 6.54 Å². The SMILES string of the molecule is CCc1ccc2occ(CCN(C=O)C3CC3)c2c1. The summed E-state index contributed by atoms with van der Waals surface area (Å²) in [4.78, 5) is 12.9. The molecule has 0 spiro atoms. The molecule has 0 bridgehead atoms. The summed E-state index contributed by atoms with van der Waals surface area (Å²) in [5, 5.41) is 1.20. The summed E-state index contributed by atoms with van der Waals surface area (Å²) in [5.41, 5.74) is 3.47. The van der Waals surface area contributed by atoms with Gasteiger partial charge in [0.2, 0.25) is 6.41 Å². The van der Waals surface area contributed by atoms with Crippen molar-refractivity contribution in [1.29, 1.82) is 0 Å². The number of rotatable bonds is 6. The van der Waals surface area contributed by atoms with Gasteiger partial charge in [0, 0.05) is 18.0 Å². The van der Waals surface area contributed by atoms with E-state index in [0.29, 0.717) is 6.04 Å². The van der Waals surface area contributed by atoms with Crippen molar-refractivity contribution in [2.45, 2.75) is 38.6 Å². The third kappa shape index (κ3) is 2.50. The van der Waals surface area contributed by atoms with Gasteiger partial charge in [-0.15, -0.1) is 0 Å². The second-order valence-electron chi connectivity index (χ2n) is 5.27. The number of hydrogen-bond donors (Lipinski definition) is 0. The molecule has 0 unspecified atom stereocenters. The molecule has 0 radical (unpaired) electrons. The normalized spacial score (nSPS) is 14.8. The average molecular weight is 257 g/mol. The molecule has 0 N–H and O–H groups in total. The Morgan fingerprint density at radius 1 is 1.42 bits per heavy atom. The first kappa shape index (κ1) is 12.3. The van der Waals surface area contributed by atoms with E-state index in [-0.39, 0.29) is 0 Å². The van der Waals surface area contributed by atoms with E-state index < -0.39 is 0 Å². The van der Waals surface area contributed by atoms with Crippen LogP contribution in [0.1, 0.15) is 30.9 Å². The lowest BCUT2D eigenvalue weighted by Crippen LogP contribution is -2.26. The van der Waals surface area contributed by atoms with Gasteiger partial charge >= 0.3 is 0 Å². The van der Waals surface area contributed by atoms with Crippen LogP contribution in [0.3, 0.4) is 0 Å². The van der Waals surface area contributed by atoms with Gasteiger partial charge < -0.3 is 9.32 Å². The molecule has 1 aliphatic rings. The van der Waals surface area contributed by atoms with E-state index in [1.54, 1.807) is 0 Å². The van der Waals surface area contributed by atoms with Crippen molar-refractivity contribution < 1.29 is 9.21 Å². The lowest BCUT2D eigenvalue weighted by molar-refractivity contribution is -0.118. The van der Waals surface area contributed by atoms with Gasteiger partial charge in [-0.1, -0.05) is 13.0 Å². The number of carbonyl (C=O) groups is 1. The van der Waals surface area contributed by atoms with Crippen LogP contribution in [0.5, 0.6) is 0 Å². The molecule has 0 saturated heterocycles. The van der Waals surface area contributed by atoms with Crippen LogP contribution in [0.15, 0.2) is 28.9 Å². The predicted molar refractivity (Wildman–Crippen MR) is 75.1 cm³/mol. The highest BCUT2D eigenvalue weighted by Crippen LogP contribution is 2.27. The molecule has 1 saturated carbocycles. The molecule has 1 amide bonds. The van der Waals surface area contributed by atoms with Gasteiger partial charge in [-0.05, 0) is 48.9 Å². The van der Waals surface area contributed by atoms with Gasteiger partial charge in [0.15, 0.2) is 0 Å². The zero-order chi connectivity index (χ0) is 13.2. The van der Waals surface area contributed by atoms with Crippen molar-refractivity contribution in [3.8, 4) is 0 Å². The zero-order valence-electron chi connectivity index (χ0n) is 11.3. The first-order chi connectivity index (χ1) is 9.31. The van der Waals surface area contributed by atoms with Gasteiger partial charge in [-0.25, -0.2) is 0 Å². The summed E-state index contributed by atoms with van der Waals surface area (Å²) in [6.07, 6.45) is 7.03. The fourth-order valence-electron chi connectivity index (χ4n) is 2.52. The van der Waals surface area contributed by atoms with Crippen LogP contribution in [0, 0.1) is 0 Å². The molecule has 1 aliphatic carbocycles. The van der Waals surface area contributed by atoms with Gasteiger partial charge in [0.1, 0.15) is 5.58 Å². The number of benzene rings is 1. The van der Waals surface area contributed by atoms with E-state index in [1.807, 2.05) is 17.2 Å². The molecular formula is C16H19NO2. The predicted octanol–water partition coefficient (Wildman–Crippen LogP) is 3.16. The maximum atomic E-state index is 11.0. The number of carbonyl (C=O) groups excluding carboxylic acids is 1. The van der Waals surface area contributed by atoms with E-state index >= 15 is 0 Å². The zero-order valence-corrected chi connectivity index (χ0v) is 11.3. The molecule has 3 heteroatoms. The summed E-state index contributed by atoms with van der Waals surface area (Å²) >= 11 is 0. The first-order valence-electron chi connectivity index (χ1n) is 7.02. The smallest absolute Gasteiger partial charge is 0.209 e. The number of hydrogen-bond acceptors (Lipinski definition) is 2. The molecule has 1 aromatic heterocycles. The fraction of sp³-hybridized carbons (Fsp3) is 0.438. The van der Waals surface area contributed by atoms with Crippen molar-refractivity contribution in [3.63, 3.8) is 0 Å². The number of fused-ring (bicyclic) bond motifs is 1. The standard InChI is InChI=1S/C16H19NO2/c1-2-12-3-6-16-15(9-12)13(10-19-16)7-8-17(11-18)14-4-5-14/h3,6,9-11,14H,2,4-5,7-8H2,1H3. The van der Waals surface area contributed by atoms with E-state index in [2.05, 4.69) is 19.1 Å². The molecule has 3 rings (SSSR count). The summed E-state index contributed by atoms with van der Waals surface area (Å²) in [6, 6.07) is 6.84. The maximum absolute atomic E-state index is 11.0. The molecular weight excluding hydrogens is 238 g/mol. The number of furan rings is 1. The highest BCUT2D eigenvalue weighted by molar-refractivity contribution is 5.81. The van der Waals surface area contributed by atoms with E-state index in [1.165, 1.54) is 16.5 Å². The second kappa shape index (κ2) is 5.08. The Bertz CT molecular complexity index is 583. The minimum atomic E-state index is 0.488. The largest absolute Gasteiger partial charge is 0.464 e. The molecule has 19 heavy (non-hydrogen) atoms. The topological polar surface area (TPSA) is 33.5 Å². The quantitative estimate of drug-likeness (QED) is 0.745. The van der Waals surface area contributed by atoms with Crippen molar-refractivity contribution >= 4 is 17.4 Å². The summed E-state index contributed by atoms with van der Waals surface area (Å²) in [7, 11) is 0. The van der Waals surface area contributed by atoms with Crippen LogP contribution in [-0.4, -0.2) is 23.9 Å². The Labute approximate surface area is 113 Å². The molecule has 0 aliphatic heterocycles. The third-order valence-electron chi connectivity index (χ3n) is 3.92. The monoisotopic (exact) mass is 257 g/mol. The molecule has 1 fully saturated rings. The molecule has 100 valence electrons. The minimum absolute atomic E-state index is 0.488. The molecule has 1 aromatic carbocycles. The lowest BCUT2D eigenvalue weighted by Gasteiger charge is -2.15. The van der Waals surface area contributed by atoms with Crippen LogP contribution in [-0.2, 0) is 17.6 Å². The molecule has 2 aromatic rings. The molecule has 0 atom stereocenters. The van der Waals surface area contributed by atoms with Crippen LogP contribution >= 0.6 is 0 Å². The highest BCUT2D eigenvalue weighted by Gasteiger charge is 2.27. The Hall–Kier alpha value is -1.77. The molecule has 1 heterocycles. The maximum Gasteiger partial charge on any atom is 0.209 e. The Morgan fingerprint density at radius 3 is 2.95 bits per heavy atom. The van der Waals surface area contributed by atoms with Crippen LogP contribution in [0.2, 0.25) is 0 Å². The van der Waals surface area contributed by atoms with Crippen LogP contribution in [0.4, 0.5) is 0 Å². The van der Waals surface area contributed by atoms with Crippen molar-refractivity contribution in [3.05, 3.63) is 35.6 Å². The van der Waals surface area contributed by atoms with E-state index in [4.69, 9.17) is 4.42 Å². The van der Waals surface area contributed by atoms with Crippen molar-refractivity contribution in [2.24, 2.45) is 0 Å². The lowest BCUT2D eigenvalue weighted by atomic mass is 10.1. The molecule has 3 nitrogen and oxygen atoms in total. The Morgan fingerprint density at radius 2 is 2.26 bits per heavy atom. The van der Waals surface area contributed by atoms with Gasteiger partial charge in [0.25, 0.3) is 0 Å². The van der Waals surface area contributed by atoms with Crippen LogP contribution in [0.25, 0.3) is 11.0 Å². The van der Waals surface area contributed by atoms with Gasteiger partial charge in [-0.2, -0.15) is 0 Å². The Kier molecular flexibility index (Phi) is 3.28. The van der Waals surface area contributed by atoms with Gasteiger partial charge in [-0.3, -0.25) is 4.79 Å². The highest BCUT2D eigenvalue weighted by atomic mass is 16.3. The average Bonchev–Trinajstić information content (AvgIpc) is 3.20. The number of aryl methyl sites for hydroxylation is 1. The summed E-state index contributed by atoms with van der Waals surface area (Å²) in [6.45, 7) is 2.95. The van der Waals surface area contributed by atoms with E-state index in [0.717, 1.165) is 44.2 Å². The summed E-state index contributed by atoms with van der Waals surface area (Å²) < 4.78 is 5.58. The fourth-order valence-corrected chi connectivity index (χ4v) is 2.52. The summed E-state index contributed by atoms with van der Waals surface area (Å²) in [5.74, 6) is 0. The second-order valence-corrected chi connectivity index (χ2v) is 5.27. The van der Waals surface area contributed by atoms with Crippen LogP contribution < -0.4 is 0 Å². The number of amides is 1. The first-order valence-corrected chi connectivity index (χ1v) is 7.02. The third-order valence-corrected chi connectivity index (χ3v) is 3.92. The number of nitrogens with zero attached hydrogens (tertiary/aromatic N) is 1. The Balaban J connectivity index is 1.78. The van der Waals surface area contributed by atoms with E-state index in [9.17, 15) is 4.79 Å². The van der Waals surface area contributed by atoms with Gasteiger partial charge in [0.05, 0.1) is 6.26 Å². The minimum Gasteiger partial charge on any atom is -0.464 e.